The molecule has 0 saturated carbocycles. The van der Waals surface area contributed by atoms with Gasteiger partial charge in [-0.15, -0.1) is 0 Å². The van der Waals surface area contributed by atoms with Crippen molar-refractivity contribution in [2.24, 2.45) is 0 Å². The maximum Gasteiger partial charge on any atom is 2.00 e. The van der Waals surface area contributed by atoms with E-state index in [1.165, 1.54) is 0 Å². The van der Waals surface area contributed by atoms with E-state index >= 15 is 0 Å². The van der Waals surface area contributed by atoms with Crippen molar-refractivity contribution in [1.82, 2.24) is 0 Å². The summed E-state index contributed by atoms with van der Waals surface area (Å²) in [5.41, 5.74) is 0. The van der Waals surface area contributed by atoms with Gasteiger partial charge in [-0.3, -0.25) is 6.58 Å². The van der Waals surface area contributed by atoms with E-state index in [1.807, 2.05) is 0 Å². The van der Waals surface area contributed by atoms with Crippen LogP contribution in [0.4, 0.5) is 0 Å². The third-order valence-corrected chi connectivity index (χ3v) is 2.25. The van der Waals surface area contributed by atoms with Crippen molar-refractivity contribution in [3.8, 4) is 0 Å². The molecule has 0 radical (unpaired) electrons. The van der Waals surface area contributed by atoms with Gasteiger partial charge in [-0.25, -0.2) is 0 Å². The topological polar surface area (TPSA) is 0 Å². The van der Waals surface area contributed by atoms with Crippen LogP contribution in [0.25, 0.3) is 0 Å². The first kappa shape index (κ1) is 43.2. The summed E-state index contributed by atoms with van der Waals surface area (Å²) >= 11 is 0. The normalized spacial score (nSPS) is 7.00. The Balaban J connectivity index is -0.0000000148. The molecule has 16 heavy (non-hydrogen) atoms. The van der Waals surface area contributed by atoms with Gasteiger partial charge in [-0.2, -0.15) is 6.04 Å². The molecule has 4 heteroatoms. The summed E-state index contributed by atoms with van der Waals surface area (Å²) in [5, 5.41) is 0. The summed E-state index contributed by atoms with van der Waals surface area (Å²) in [5.74, 6) is 0. The molecule has 0 saturated heterocycles. The molecular formula is C12H33Si2W2-. The Bertz CT molecular complexity index is 78.8. The maximum atomic E-state index is 4.25. The molecule has 0 N–H and O–H groups in total. The van der Waals surface area contributed by atoms with Gasteiger partial charge in [-0.1, -0.05) is 46.7 Å². The predicted octanol–water partition coefficient (Wildman–Crippen LogP) is 4.95. The van der Waals surface area contributed by atoms with Gasteiger partial charge in [0.2, 0.25) is 0 Å². The maximum absolute atomic E-state index is 4.25. The average molecular weight is 601 g/mol. The fraction of sp³-hybridized carbons (Fsp3) is 0.667. The zero-order chi connectivity index (χ0) is 10.8. The Morgan fingerprint density at radius 1 is 1.12 bits per heavy atom. The minimum atomic E-state index is -0.742. The largest absolute Gasteiger partial charge is 2.00 e. The van der Waals surface area contributed by atoms with E-state index in [2.05, 4.69) is 59.4 Å². The van der Waals surface area contributed by atoms with Crippen LogP contribution in [0.15, 0.2) is 6.58 Å². The SMILES string of the molecule is C.C[SiH](C)C.[CH-]=C.[CH2-]C[Si](C)(C)C.[CH3-].[W+2].[W]. The van der Waals surface area contributed by atoms with Gasteiger partial charge in [0.15, 0.2) is 0 Å². The van der Waals surface area contributed by atoms with E-state index in [-0.39, 0.29) is 65.8 Å². The van der Waals surface area contributed by atoms with Crippen LogP contribution < -0.4 is 0 Å². The van der Waals surface area contributed by atoms with E-state index in [0.717, 1.165) is 6.04 Å². The second kappa shape index (κ2) is 30.0. The number of hydrogen-bond donors (Lipinski definition) is 0. The molecule has 0 fully saturated rings. The van der Waals surface area contributed by atoms with Gasteiger partial charge in [-0.05, 0) is 0 Å². The summed E-state index contributed by atoms with van der Waals surface area (Å²) in [6.07, 6.45) is 0. The minimum absolute atomic E-state index is 0. The Kier molecular flexibility index (Phi) is 81.0. The Morgan fingerprint density at radius 3 is 1.19 bits per heavy atom. The molecule has 0 amide bonds. The minimum Gasteiger partial charge on any atom is -0.521 e. The molecular weight excluding hydrogens is 568 g/mol. The van der Waals surface area contributed by atoms with Gasteiger partial charge in [0.1, 0.15) is 0 Å². The van der Waals surface area contributed by atoms with E-state index in [0.29, 0.717) is 0 Å². The molecule has 0 spiro atoms. The van der Waals surface area contributed by atoms with Gasteiger partial charge in [0.25, 0.3) is 0 Å². The Morgan fingerprint density at radius 2 is 1.19 bits per heavy atom. The van der Waals surface area contributed by atoms with Crippen LogP contribution in [0.5, 0.6) is 0 Å². The molecule has 102 valence electrons. The van der Waals surface area contributed by atoms with E-state index in [9.17, 15) is 0 Å². The summed E-state index contributed by atoms with van der Waals surface area (Å²) in [7, 11) is -0.881. The van der Waals surface area contributed by atoms with Crippen molar-refractivity contribution >= 4 is 16.9 Å². The molecule has 0 aromatic carbocycles. The molecule has 0 aromatic heterocycles. The molecule has 0 aromatic rings. The number of hydrogen-bond acceptors (Lipinski definition) is 0. The van der Waals surface area contributed by atoms with Crippen LogP contribution in [-0.4, -0.2) is 16.9 Å². The van der Waals surface area contributed by atoms with Crippen LogP contribution in [-0.2, 0) is 42.1 Å². The van der Waals surface area contributed by atoms with Crippen molar-refractivity contribution in [3.05, 3.63) is 27.5 Å². The molecule has 0 unspecified atom stereocenters. The standard InChI is InChI=1S/C5H13Si.C3H10Si.C2H3.CH4.CH3.2W/c1-5-6(2,3)4;1-4(2)3;1-2;;;;/h1,5H2,2-4H3;4H,1-3H3;1H,2H2;1H4;1H3;;/q-1;;-1;;-1;;+2. The van der Waals surface area contributed by atoms with Crippen molar-refractivity contribution in [3.63, 3.8) is 0 Å². The van der Waals surface area contributed by atoms with Crippen LogP contribution in [0, 0.1) is 20.9 Å². The first-order chi connectivity index (χ1) is 5.29. The zero-order valence-corrected chi connectivity index (χ0v) is 19.6. The van der Waals surface area contributed by atoms with E-state index < -0.39 is 8.07 Å². The van der Waals surface area contributed by atoms with Gasteiger partial charge >= 0.3 is 21.1 Å². The molecule has 0 aliphatic heterocycles. The Labute approximate surface area is 138 Å². The summed E-state index contributed by atoms with van der Waals surface area (Å²) < 4.78 is 0. The smallest absolute Gasteiger partial charge is 0.521 e. The summed E-state index contributed by atoms with van der Waals surface area (Å²) in [4.78, 5) is 0. The number of rotatable bonds is 1. The molecule has 0 aliphatic rings. The molecule has 0 bridgehead atoms. The monoisotopic (exact) mass is 601 g/mol. The molecule has 0 heterocycles. The average Bonchev–Trinajstić information content (AvgIpc) is 1.90. The van der Waals surface area contributed by atoms with Crippen LogP contribution in [0.3, 0.4) is 0 Å². The van der Waals surface area contributed by atoms with E-state index in [4.69, 9.17) is 0 Å². The first-order valence-corrected chi connectivity index (χ1v) is 11.7. The first-order valence-electron chi connectivity index (χ1n) is 4.49. The van der Waals surface area contributed by atoms with Gasteiger partial charge < -0.3 is 20.9 Å². The van der Waals surface area contributed by atoms with Crippen molar-refractivity contribution in [2.45, 2.75) is 52.8 Å². The third kappa shape index (κ3) is 159. The summed E-state index contributed by atoms with van der Waals surface area (Å²) in [6.45, 7) is 24.7. The zero-order valence-electron chi connectivity index (χ0n) is 11.6. The summed E-state index contributed by atoms with van der Waals surface area (Å²) in [6, 6.07) is 1.16. The second-order valence-corrected chi connectivity index (χ2v) is 13.6. The molecule has 0 aliphatic carbocycles. The molecule has 0 atom stereocenters. The quantitative estimate of drug-likeness (QED) is 0.295. The van der Waals surface area contributed by atoms with Crippen molar-refractivity contribution < 1.29 is 42.1 Å². The third-order valence-electron chi connectivity index (χ3n) is 0.750. The fourth-order valence-corrected chi connectivity index (χ4v) is 0. The van der Waals surface area contributed by atoms with Crippen LogP contribution in [0.1, 0.15) is 7.43 Å². The molecule has 0 nitrogen and oxygen atoms in total. The van der Waals surface area contributed by atoms with Gasteiger partial charge in [0.05, 0.1) is 0 Å². The second-order valence-electron chi connectivity index (χ2n) is 4.54. The molecule has 0 rings (SSSR count). The van der Waals surface area contributed by atoms with Crippen molar-refractivity contribution in [1.29, 1.82) is 0 Å². The van der Waals surface area contributed by atoms with Crippen LogP contribution >= 0.6 is 0 Å². The van der Waals surface area contributed by atoms with E-state index in [1.54, 1.807) is 0 Å². The van der Waals surface area contributed by atoms with Gasteiger partial charge in [0, 0.05) is 37.9 Å². The Hall–Kier alpha value is 1.55. The van der Waals surface area contributed by atoms with Crippen molar-refractivity contribution in [2.75, 3.05) is 0 Å². The van der Waals surface area contributed by atoms with Crippen LogP contribution in [0.2, 0.25) is 45.3 Å². The fourth-order valence-electron chi connectivity index (χ4n) is 0. The predicted molar refractivity (Wildman–Crippen MR) is 81.3 cm³/mol.